The zero-order chi connectivity index (χ0) is 16.3. The number of sulfonamides is 1. The Morgan fingerprint density at radius 3 is 2.32 bits per heavy atom. The van der Waals surface area contributed by atoms with Crippen LogP contribution in [0.5, 0.6) is 0 Å². The molecule has 0 fully saturated rings. The van der Waals surface area contributed by atoms with E-state index in [0.29, 0.717) is 17.4 Å². The standard InChI is InChI=1S/C16H23N3O2S/c1-13(2)11-14-5-7-16(8-6-14)22(20,21)18(3)12-15-9-10-17-19(15)4/h5-10,13H,11-12H2,1-4H3. The maximum atomic E-state index is 12.6. The number of aromatic nitrogens is 2. The van der Waals surface area contributed by atoms with Gasteiger partial charge in [0.2, 0.25) is 10.0 Å². The van der Waals surface area contributed by atoms with Crippen molar-refractivity contribution in [3.63, 3.8) is 0 Å². The molecule has 1 aromatic heterocycles. The Kier molecular flexibility index (Phi) is 5.03. The first-order valence-corrected chi connectivity index (χ1v) is 8.77. The van der Waals surface area contributed by atoms with Crippen LogP contribution >= 0.6 is 0 Å². The van der Waals surface area contributed by atoms with Gasteiger partial charge in [0.05, 0.1) is 17.1 Å². The lowest BCUT2D eigenvalue weighted by atomic mass is 10.0. The Morgan fingerprint density at radius 2 is 1.82 bits per heavy atom. The van der Waals surface area contributed by atoms with E-state index in [4.69, 9.17) is 0 Å². The number of benzene rings is 1. The van der Waals surface area contributed by atoms with Crippen molar-refractivity contribution in [3.8, 4) is 0 Å². The minimum absolute atomic E-state index is 0.298. The van der Waals surface area contributed by atoms with Gasteiger partial charge in [0, 0.05) is 20.3 Å². The molecule has 2 rings (SSSR count). The molecule has 0 atom stereocenters. The zero-order valence-electron chi connectivity index (χ0n) is 13.5. The molecular weight excluding hydrogens is 298 g/mol. The second-order valence-electron chi connectivity index (χ2n) is 5.95. The number of nitrogens with zero attached hydrogens (tertiary/aromatic N) is 3. The van der Waals surface area contributed by atoms with Gasteiger partial charge in [0.15, 0.2) is 0 Å². The summed E-state index contributed by atoms with van der Waals surface area (Å²) in [6.45, 7) is 4.59. The van der Waals surface area contributed by atoms with Crippen LogP contribution < -0.4 is 0 Å². The first kappa shape index (κ1) is 16.7. The van der Waals surface area contributed by atoms with E-state index in [1.54, 1.807) is 37.1 Å². The summed E-state index contributed by atoms with van der Waals surface area (Å²) in [6, 6.07) is 8.98. The average Bonchev–Trinajstić information content (AvgIpc) is 2.84. The predicted octanol–water partition coefficient (Wildman–Crippen LogP) is 2.44. The third kappa shape index (κ3) is 3.75. The SMILES string of the molecule is CC(C)Cc1ccc(S(=O)(=O)N(C)Cc2ccnn2C)cc1. The smallest absolute Gasteiger partial charge is 0.243 e. The molecule has 2 aromatic rings. The Labute approximate surface area is 132 Å². The van der Waals surface area contributed by atoms with Gasteiger partial charge in [-0.3, -0.25) is 4.68 Å². The summed E-state index contributed by atoms with van der Waals surface area (Å²) in [4.78, 5) is 0.324. The molecule has 22 heavy (non-hydrogen) atoms. The van der Waals surface area contributed by atoms with Crippen molar-refractivity contribution in [3.05, 3.63) is 47.8 Å². The van der Waals surface area contributed by atoms with Crippen LogP contribution in [0.2, 0.25) is 0 Å². The molecule has 1 heterocycles. The van der Waals surface area contributed by atoms with Crippen LogP contribution in [0.3, 0.4) is 0 Å². The van der Waals surface area contributed by atoms with Crippen molar-refractivity contribution in [1.29, 1.82) is 0 Å². The van der Waals surface area contributed by atoms with Gasteiger partial charge in [0.1, 0.15) is 0 Å². The minimum atomic E-state index is -3.48. The van der Waals surface area contributed by atoms with Gasteiger partial charge in [-0.05, 0) is 36.1 Å². The van der Waals surface area contributed by atoms with Crippen LogP contribution in [0.1, 0.15) is 25.1 Å². The summed E-state index contributed by atoms with van der Waals surface area (Å²) in [5.41, 5.74) is 2.01. The van der Waals surface area contributed by atoms with E-state index < -0.39 is 10.0 Å². The summed E-state index contributed by atoms with van der Waals surface area (Å²) in [5, 5.41) is 4.06. The van der Waals surface area contributed by atoms with E-state index in [1.165, 1.54) is 4.31 Å². The van der Waals surface area contributed by atoms with Gasteiger partial charge in [-0.15, -0.1) is 0 Å². The highest BCUT2D eigenvalue weighted by Gasteiger charge is 2.21. The molecule has 0 aliphatic carbocycles. The molecule has 0 unspecified atom stereocenters. The third-order valence-corrected chi connectivity index (χ3v) is 5.40. The van der Waals surface area contributed by atoms with E-state index in [-0.39, 0.29) is 0 Å². The first-order valence-electron chi connectivity index (χ1n) is 7.33. The highest BCUT2D eigenvalue weighted by Crippen LogP contribution is 2.18. The Bertz CT molecular complexity index is 718. The van der Waals surface area contributed by atoms with Crippen LogP contribution in [0, 0.1) is 5.92 Å². The lowest BCUT2D eigenvalue weighted by molar-refractivity contribution is 0.453. The normalized spacial score (nSPS) is 12.3. The second-order valence-corrected chi connectivity index (χ2v) is 7.99. The molecule has 0 bridgehead atoms. The maximum Gasteiger partial charge on any atom is 0.243 e. The highest BCUT2D eigenvalue weighted by atomic mass is 32.2. The van der Waals surface area contributed by atoms with Crippen molar-refractivity contribution in [2.45, 2.75) is 31.7 Å². The number of aryl methyl sites for hydroxylation is 1. The Morgan fingerprint density at radius 1 is 1.18 bits per heavy atom. The molecule has 0 N–H and O–H groups in total. The topological polar surface area (TPSA) is 55.2 Å². The Hall–Kier alpha value is -1.66. The lowest BCUT2D eigenvalue weighted by Crippen LogP contribution is -2.27. The van der Waals surface area contributed by atoms with Crippen molar-refractivity contribution in [1.82, 2.24) is 14.1 Å². The van der Waals surface area contributed by atoms with Gasteiger partial charge in [0.25, 0.3) is 0 Å². The first-order chi connectivity index (χ1) is 10.3. The van der Waals surface area contributed by atoms with Crippen LogP contribution in [0.25, 0.3) is 0 Å². The largest absolute Gasteiger partial charge is 0.271 e. The molecule has 0 spiro atoms. The zero-order valence-corrected chi connectivity index (χ0v) is 14.3. The Balaban J connectivity index is 2.17. The number of rotatable bonds is 6. The molecule has 120 valence electrons. The molecule has 5 nitrogen and oxygen atoms in total. The molecule has 0 aliphatic rings. The molecule has 0 saturated carbocycles. The third-order valence-electron chi connectivity index (χ3n) is 3.58. The van der Waals surface area contributed by atoms with Crippen LogP contribution in [-0.2, 0) is 30.0 Å². The van der Waals surface area contributed by atoms with E-state index in [9.17, 15) is 8.42 Å². The lowest BCUT2D eigenvalue weighted by Gasteiger charge is -2.17. The fraction of sp³-hybridized carbons (Fsp3) is 0.438. The molecular formula is C16H23N3O2S. The van der Waals surface area contributed by atoms with Gasteiger partial charge in [-0.25, -0.2) is 8.42 Å². The fourth-order valence-corrected chi connectivity index (χ4v) is 3.46. The van der Waals surface area contributed by atoms with Crippen molar-refractivity contribution in [2.24, 2.45) is 13.0 Å². The minimum Gasteiger partial charge on any atom is -0.271 e. The number of hydrogen-bond acceptors (Lipinski definition) is 3. The van der Waals surface area contributed by atoms with Crippen LogP contribution in [0.15, 0.2) is 41.4 Å². The van der Waals surface area contributed by atoms with E-state index in [0.717, 1.165) is 17.7 Å². The average molecular weight is 321 g/mol. The maximum absolute atomic E-state index is 12.6. The van der Waals surface area contributed by atoms with Gasteiger partial charge in [-0.1, -0.05) is 26.0 Å². The summed E-state index contributed by atoms with van der Waals surface area (Å²) < 4.78 is 28.2. The van der Waals surface area contributed by atoms with Gasteiger partial charge >= 0.3 is 0 Å². The summed E-state index contributed by atoms with van der Waals surface area (Å²) in [5.74, 6) is 0.551. The van der Waals surface area contributed by atoms with E-state index >= 15 is 0 Å². The molecule has 0 aliphatic heterocycles. The van der Waals surface area contributed by atoms with Crippen LogP contribution in [0.4, 0.5) is 0 Å². The van der Waals surface area contributed by atoms with Gasteiger partial charge < -0.3 is 0 Å². The number of hydrogen-bond donors (Lipinski definition) is 0. The molecule has 1 aromatic carbocycles. The van der Waals surface area contributed by atoms with E-state index in [2.05, 4.69) is 18.9 Å². The molecule has 6 heteroatoms. The summed E-state index contributed by atoms with van der Waals surface area (Å²) in [6.07, 6.45) is 2.61. The quantitative estimate of drug-likeness (QED) is 0.821. The molecule has 0 amide bonds. The summed E-state index contributed by atoms with van der Waals surface area (Å²) in [7, 11) is -0.0951. The van der Waals surface area contributed by atoms with Crippen molar-refractivity contribution >= 4 is 10.0 Å². The monoisotopic (exact) mass is 321 g/mol. The van der Waals surface area contributed by atoms with Crippen LogP contribution in [-0.4, -0.2) is 29.6 Å². The summed E-state index contributed by atoms with van der Waals surface area (Å²) >= 11 is 0. The fourth-order valence-electron chi connectivity index (χ4n) is 2.32. The highest BCUT2D eigenvalue weighted by molar-refractivity contribution is 7.89. The van der Waals surface area contributed by atoms with Gasteiger partial charge in [-0.2, -0.15) is 9.40 Å². The van der Waals surface area contributed by atoms with Crippen molar-refractivity contribution in [2.75, 3.05) is 7.05 Å². The van der Waals surface area contributed by atoms with E-state index in [1.807, 2.05) is 18.2 Å². The molecule has 0 saturated heterocycles. The van der Waals surface area contributed by atoms with Crippen molar-refractivity contribution < 1.29 is 8.42 Å². The second kappa shape index (κ2) is 6.62. The molecule has 0 radical (unpaired) electrons. The predicted molar refractivity (Wildman–Crippen MR) is 86.8 cm³/mol.